The maximum atomic E-state index is 13.2. The summed E-state index contributed by atoms with van der Waals surface area (Å²) in [6.45, 7) is -4.04. The Labute approximate surface area is 335 Å². The Morgan fingerprint density at radius 1 is 0.397 bits per heavy atom. The zero-order valence-corrected chi connectivity index (χ0v) is 32.5. The zero-order valence-electron chi connectivity index (χ0n) is 32.5. The van der Waals surface area contributed by atoms with Crippen LogP contribution >= 0.6 is 0 Å². The maximum Gasteiger partial charge on any atom is 0.330 e. The zero-order chi connectivity index (χ0) is 43.6. The molecule has 1 heterocycles. The molecule has 24 nitrogen and oxygen atoms in total. The molecule has 1 saturated heterocycles. The number of rotatable bonds is 26. The minimum Gasteiger partial charge on any atom is -0.480 e. The lowest BCUT2D eigenvalue weighted by Gasteiger charge is -2.39. The summed E-state index contributed by atoms with van der Waals surface area (Å²) in [6, 6.07) is -6.05. The number of aliphatic carboxylic acids is 4. The average molecular weight is 837 g/mol. The van der Waals surface area contributed by atoms with Crippen molar-refractivity contribution in [3.63, 3.8) is 0 Å². The van der Waals surface area contributed by atoms with Gasteiger partial charge in [0.15, 0.2) is 6.04 Å². The van der Waals surface area contributed by atoms with Crippen molar-refractivity contribution in [3.8, 4) is 0 Å². The molecule has 0 aromatic carbocycles. The van der Waals surface area contributed by atoms with Crippen LogP contribution in [0.5, 0.6) is 0 Å². The van der Waals surface area contributed by atoms with E-state index in [-0.39, 0.29) is 137 Å². The van der Waals surface area contributed by atoms with Gasteiger partial charge in [-0.25, -0.2) is 4.79 Å². The largest absolute Gasteiger partial charge is 0.480 e. The van der Waals surface area contributed by atoms with Crippen molar-refractivity contribution in [2.75, 3.05) is 105 Å². The number of carbonyl (C=O) groups is 8. The smallest absolute Gasteiger partial charge is 0.330 e. The summed E-state index contributed by atoms with van der Waals surface area (Å²) in [5.74, 6) is -8.39. The highest BCUT2D eigenvalue weighted by atomic mass is 16.4. The van der Waals surface area contributed by atoms with Gasteiger partial charge in [-0.3, -0.25) is 53.2 Å². The molecule has 4 unspecified atom stereocenters. The van der Waals surface area contributed by atoms with E-state index in [1.54, 1.807) is 0 Å². The van der Waals surface area contributed by atoms with Crippen LogP contribution in [0.1, 0.15) is 38.5 Å². The number of aliphatic hydroxyl groups excluding tert-OH is 4. The molecule has 0 aromatic heterocycles. The molecule has 0 aromatic rings. The van der Waals surface area contributed by atoms with Crippen LogP contribution in [-0.2, 0) is 38.4 Å². The lowest BCUT2D eigenvalue weighted by atomic mass is 10.1. The molecule has 0 spiro atoms. The Hall–Kier alpha value is -4.56. The number of carbonyl (C=O) groups excluding carboxylic acids is 4. The fourth-order valence-electron chi connectivity index (χ4n) is 6.42. The van der Waals surface area contributed by atoms with Gasteiger partial charge in [-0.1, -0.05) is 0 Å². The molecule has 1 rings (SSSR count). The summed E-state index contributed by atoms with van der Waals surface area (Å²) >= 11 is 0. The van der Waals surface area contributed by atoms with Crippen LogP contribution in [0.25, 0.3) is 0 Å². The fourth-order valence-corrected chi connectivity index (χ4v) is 6.42. The van der Waals surface area contributed by atoms with E-state index < -0.39 is 78.3 Å². The second kappa shape index (κ2) is 28.8. The van der Waals surface area contributed by atoms with Crippen molar-refractivity contribution in [3.05, 3.63) is 0 Å². The molecule has 12 N–H and O–H groups in total. The second-order valence-electron chi connectivity index (χ2n) is 13.3. The van der Waals surface area contributed by atoms with E-state index >= 15 is 0 Å². The molecule has 58 heavy (non-hydrogen) atoms. The first kappa shape index (κ1) is 51.5. The van der Waals surface area contributed by atoms with Gasteiger partial charge in [-0.2, -0.15) is 0 Å². The Balaban J connectivity index is 3.78. The Kier molecular flexibility index (Phi) is 25.5. The van der Waals surface area contributed by atoms with E-state index in [1.807, 2.05) is 0 Å². The molecule has 0 bridgehead atoms. The van der Waals surface area contributed by atoms with E-state index in [0.717, 1.165) is 0 Å². The van der Waals surface area contributed by atoms with E-state index in [9.17, 15) is 63.9 Å². The van der Waals surface area contributed by atoms with Gasteiger partial charge >= 0.3 is 23.9 Å². The monoisotopic (exact) mass is 836 g/mol. The lowest BCUT2D eigenvalue weighted by Crippen LogP contribution is -2.58. The van der Waals surface area contributed by atoms with Crippen LogP contribution in [0.3, 0.4) is 0 Å². The summed E-state index contributed by atoms with van der Waals surface area (Å²) in [4.78, 5) is 107. The molecule has 1 fully saturated rings. The minimum absolute atomic E-state index is 0.0732. The Morgan fingerprint density at radius 2 is 0.655 bits per heavy atom. The molecule has 0 radical (unpaired) electrons. The highest BCUT2D eigenvalue weighted by Crippen LogP contribution is 2.17. The molecule has 1 aliphatic rings. The Bertz CT molecular complexity index is 1290. The van der Waals surface area contributed by atoms with Gasteiger partial charge in [0.1, 0.15) is 18.1 Å². The van der Waals surface area contributed by atoms with Gasteiger partial charge in [0.2, 0.25) is 23.6 Å². The standard InChI is InChI=1S/C34H60N8O16/c43-19-7-35-26(47)4-1-23(31(51)52)39-11-13-40(24(32(53)54)2-5-27(48)36-8-20-44)15-17-42(29(34(57)58)30(50)38-10-22-46)18-16-41(14-12-39)25(33(55)56)3-6-28(49)37-9-21-45/h23-25,29,43-46H,1-22H2,(H,35,47)(H,36,48)(H,37,49)(H,38,50)(H,51,52)(H,53,54)(H,55,56)(H,57,58). The van der Waals surface area contributed by atoms with Crippen LogP contribution in [0.4, 0.5) is 0 Å². The first-order chi connectivity index (χ1) is 27.6. The normalized spacial score (nSPS) is 17.3. The van der Waals surface area contributed by atoms with Crippen molar-refractivity contribution >= 4 is 47.5 Å². The molecule has 0 saturated carbocycles. The van der Waals surface area contributed by atoms with E-state index in [4.69, 9.17) is 15.3 Å². The predicted octanol–water partition coefficient (Wildman–Crippen LogP) is -6.20. The van der Waals surface area contributed by atoms with E-state index in [0.29, 0.717) is 0 Å². The maximum absolute atomic E-state index is 13.2. The average Bonchev–Trinajstić information content (AvgIpc) is 3.16. The van der Waals surface area contributed by atoms with Crippen molar-refractivity contribution in [1.29, 1.82) is 0 Å². The van der Waals surface area contributed by atoms with E-state index in [2.05, 4.69) is 21.3 Å². The van der Waals surface area contributed by atoms with Crippen molar-refractivity contribution in [2.24, 2.45) is 0 Å². The number of nitrogens with zero attached hydrogens (tertiary/aromatic N) is 4. The molecular weight excluding hydrogens is 776 g/mol. The third-order valence-electron chi connectivity index (χ3n) is 9.37. The SMILES string of the molecule is O=C(CCC(C(=O)O)N1CCN(C(CCC(=O)NCCO)C(=O)O)CCN(C(C(=O)O)C(=O)NCCO)CCN(C(CCC(=O)NCCO)C(=O)O)CC1)NCCO. The quantitative estimate of drug-likeness (QED) is 0.0361. The summed E-state index contributed by atoms with van der Waals surface area (Å²) in [5.41, 5.74) is 0. The summed E-state index contributed by atoms with van der Waals surface area (Å²) in [7, 11) is 0. The highest BCUT2D eigenvalue weighted by molar-refractivity contribution is 6.01. The number of hydrogen-bond donors (Lipinski definition) is 12. The summed E-state index contributed by atoms with van der Waals surface area (Å²) in [5, 5.41) is 87.3. The highest BCUT2D eigenvalue weighted by Gasteiger charge is 2.37. The van der Waals surface area contributed by atoms with Crippen molar-refractivity contribution < 1.29 is 79.2 Å². The topological polar surface area (TPSA) is 359 Å². The first-order valence-corrected chi connectivity index (χ1v) is 19.0. The van der Waals surface area contributed by atoms with Crippen LogP contribution < -0.4 is 21.3 Å². The van der Waals surface area contributed by atoms with Gasteiger partial charge in [-0.05, 0) is 19.3 Å². The number of nitrogens with one attached hydrogen (secondary N) is 4. The van der Waals surface area contributed by atoms with Crippen molar-refractivity contribution in [1.82, 2.24) is 40.9 Å². The fraction of sp³-hybridized carbons (Fsp3) is 0.765. The van der Waals surface area contributed by atoms with Crippen LogP contribution in [0.15, 0.2) is 0 Å². The molecule has 0 aliphatic carbocycles. The van der Waals surface area contributed by atoms with E-state index in [1.165, 1.54) is 19.6 Å². The molecule has 4 atom stereocenters. The number of amides is 4. The van der Waals surface area contributed by atoms with Gasteiger partial charge in [0, 0.05) is 97.8 Å². The first-order valence-electron chi connectivity index (χ1n) is 19.0. The Morgan fingerprint density at radius 3 is 0.897 bits per heavy atom. The summed E-state index contributed by atoms with van der Waals surface area (Å²) < 4.78 is 0. The number of carboxylic acid groups (broad SMARTS) is 4. The molecule has 24 heteroatoms. The van der Waals surface area contributed by atoms with Crippen LogP contribution in [0.2, 0.25) is 0 Å². The molecule has 332 valence electrons. The number of carboxylic acids is 4. The van der Waals surface area contributed by atoms with Crippen LogP contribution in [0, 0.1) is 0 Å². The molecule has 1 aliphatic heterocycles. The lowest BCUT2D eigenvalue weighted by molar-refractivity contribution is -0.151. The van der Waals surface area contributed by atoms with Gasteiger partial charge in [0.25, 0.3) is 0 Å². The third-order valence-corrected chi connectivity index (χ3v) is 9.37. The number of aliphatic hydroxyl groups is 4. The van der Waals surface area contributed by atoms with Gasteiger partial charge in [-0.15, -0.1) is 0 Å². The van der Waals surface area contributed by atoms with Crippen molar-refractivity contribution in [2.45, 2.75) is 62.7 Å². The second-order valence-corrected chi connectivity index (χ2v) is 13.3. The minimum atomic E-state index is -1.90. The predicted molar refractivity (Wildman–Crippen MR) is 200 cm³/mol. The van der Waals surface area contributed by atoms with Crippen LogP contribution in [-0.4, -0.2) is 237 Å². The summed E-state index contributed by atoms with van der Waals surface area (Å²) in [6.07, 6.45) is -1.66. The number of hydrogen-bond acceptors (Lipinski definition) is 16. The molecule has 4 amide bonds. The molecular formula is C34H60N8O16. The van der Waals surface area contributed by atoms with Gasteiger partial charge in [0.05, 0.1) is 26.4 Å². The van der Waals surface area contributed by atoms with Gasteiger partial charge < -0.3 is 62.1 Å². The third kappa shape index (κ3) is 19.3.